The number of imidazole rings is 1. The summed E-state index contributed by atoms with van der Waals surface area (Å²) in [7, 11) is 1.77. The molecule has 2 fully saturated rings. The number of hydrogen-bond donors (Lipinski definition) is 0. The molecule has 9 nitrogen and oxygen atoms in total. The van der Waals surface area contributed by atoms with Crippen LogP contribution in [0.15, 0.2) is 35.1 Å². The molecule has 0 radical (unpaired) electrons. The van der Waals surface area contributed by atoms with Crippen LogP contribution in [0.25, 0.3) is 22.1 Å². The number of pyridine rings is 1. The Balaban J connectivity index is 1.33. The van der Waals surface area contributed by atoms with Crippen LogP contribution in [0.1, 0.15) is 58.1 Å². The van der Waals surface area contributed by atoms with Gasteiger partial charge in [-0.1, -0.05) is 19.9 Å². The first-order valence-corrected chi connectivity index (χ1v) is 14.8. The molecule has 0 saturated carbocycles. The third kappa shape index (κ3) is 5.01. The zero-order valence-electron chi connectivity index (χ0n) is 24.8. The van der Waals surface area contributed by atoms with Crippen LogP contribution in [0.5, 0.6) is 0 Å². The van der Waals surface area contributed by atoms with Gasteiger partial charge in [0, 0.05) is 44.2 Å². The van der Waals surface area contributed by atoms with Crippen molar-refractivity contribution in [1.29, 1.82) is 0 Å². The molecule has 0 amide bonds. The zero-order chi connectivity index (χ0) is 29.0. The van der Waals surface area contributed by atoms with Crippen LogP contribution < -0.4 is 10.6 Å². The van der Waals surface area contributed by atoms with Gasteiger partial charge in [-0.25, -0.2) is 14.2 Å². The Bertz CT molecular complexity index is 1640. The fourth-order valence-electron chi connectivity index (χ4n) is 6.77. The number of nitrogens with zero attached hydrogens (tertiary/aromatic N) is 7. The summed E-state index contributed by atoms with van der Waals surface area (Å²) >= 11 is 0. The van der Waals surface area contributed by atoms with Crippen LogP contribution in [-0.4, -0.2) is 66.9 Å². The maximum atomic E-state index is 13.8. The predicted molar refractivity (Wildman–Crippen MR) is 159 cm³/mol. The van der Waals surface area contributed by atoms with E-state index >= 15 is 0 Å². The Morgan fingerprint density at radius 1 is 1.07 bits per heavy atom. The van der Waals surface area contributed by atoms with E-state index < -0.39 is 0 Å². The molecule has 5 heterocycles. The number of ether oxygens (including phenoxy) is 1. The summed E-state index contributed by atoms with van der Waals surface area (Å²) in [5, 5.41) is 0.803. The molecule has 0 spiro atoms. The van der Waals surface area contributed by atoms with E-state index in [2.05, 4.69) is 47.0 Å². The lowest BCUT2D eigenvalue weighted by Crippen LogP contribution is -2.58. The maximum absolute atomic E-state index is 13.8. The number of piperazine rings is 1. The number of hydrogen-bond acceptors (Lipinski definition) is 7. The van der Waals surface area contributed by atoms with Gasteiger partial charge in [-0.05, 0) is 63.8 Å². The van der Waals surface area contributed by atoms with Gasteiger partial charge >= 0.3 is 5.69 Å². The minimum absolute atomic E-state index is 0.0911. The van der Waals surface area contributed by atoms with E-state index in [0.717, 1.165) is 59.6 Å². The molecule has 2 aliphatic rings. The van der Waals surface area contributed by atoms with Gasteiger partial charge in [0.15, 0.2) is 5.82 Å². The molecule has 6 rings (SSSR count). The van der Waals surface area contributed by atoms with E-state index in [4.69, 9.17) is 14.7 Å². The Labute approximate surface area is 240 Å². The monoisotopic (exact) mass is 561 g/mol. The second-order valence-corrected chi connectivity index (χ2v) is 12.2. The summed E-state index contributed by atoms with van der Waals surface area (Å²) in [6.45, 7) is 13.8. The first kappa shape index (κ1) is 27.8. The van der Waals surface area contributed by atoms with Crippen molar-refractivity contribution in [1.82, 2.24) is 29.0 Å². The molecule has 2 saturated heterocycles. The largest absolute Gasteiger partial charge is 0.376 e. The average Bonchev–Trinajstić information content (AvgIpc) is 3.56. The van der Waals surface area contributed by atoms with E-state index in [-0.39, 0.29) is 35.7 Å². The van der Waals surface area contributed by atoms with Crippen molar-refractivity contribution in [3.8, 4) is 0 Å². The molecule has 2 aliphatic heterocycles. The van der Waals surface area contributed by atoms with E-state index in [1.54, 1.807) is 17.7 Å². The number of aryl methyl sites for hydroxylation is 2. The van der Waals surface area contributed by atoms with Gasteiger partial charge in [-0.15, -0.1) is 0 Å². The number of benzene rings is 1. The molecule has 0 unspecified atom stereocenters. The smallest absolute Gasteiger partial charge is 0.350 e. The van der Waals surface area contributed by atoms with Crippen molar-refractivity contribution < 1.29 is 9.13 Å². The second kappa shape index (κ2) is 10.8. The Morgan fingerprint density at radius 2 is 1.88 bits per heavy atom. The number of aromatic nitrogens is 5. The molecule has 10 heteroatoms. The van der Waals surface area contributed by atoms with E-state index in [9.17, 15) is 9.18 Å². The predicted octanol–water partition coefficient (Wildman–Crippen LogP) is 4.60. The summed E-state index contributed by atoms with van der Waals surface area (Å²) in [6.07, 6.45) is 2.21. The van der Waals surface area contributed by atoms with Crippen molar-refractivity contribution >= 4 is 27.9 Å². The van der Waals surface area contributed by atoms with Gasteiger partial charge in [0.1, 0.15) is 22.8 Å². The SMILES string of the molecule is Cc1nc2c(N3C[C@@H](C)N([C@H](c4ccc5cc(F)ccc5n4)C(C)C)C[C@@H]3C)nc(=O)n(C)c2n1C[C@@H]1CCCO1. The first-order valence-electron chi connectivity index (χ1n) is 14.8. The third-order valence-electron chi connectivity index (χ3n) is 8.83. The first-order chi connectivity index (χ1) is 19.6. The summed E-state index contributed by atoms with van der Waals surface area (Å²) in [4.78, 5) is 32.4. The maximum Gasteiger partial charge on any atom is 0.350 e. The molecule has 0 aliphatic carbocycles. The molecule has 0 bridgehead atoms. The normalized spacial score (nSPS) is 22.8. The number of rotatable bonds is 6. The summed E-state index contributed by atoms with van der Waals surface area (Å²) < 4.78 is 23.4. The van der Waals surface area contributed by atoms with Crippen LogP contribution >= 0.6 is 0 Å². The van der Waals surface area contributed by atoms with Crippen molar-refractivity contribution in [2.75, 3.05) is 24.6 Å². The minimum Gasteiger partial charge on any atom is -0.376 e. The topological polar surface area (TPSA) is 81.3 Å². The van der Waals surface area contributed by atoms with Gasteiger partial charge in [-0.3, -0.25) is 14.5 Å². The standard InChI is InChI=1S/C31H40FN7O2/c1-18(2)28(26-11-9-22-14-23(32)10-12-25(22)34-26)37-15-20(4)38(16-19(37)3)29-27-30(36(6)31(40)35-29)39(21(5)33-27)17-24-8-7-13-41-24/h9-12,14,18-20,24,28H,7-8,13,15-17H2,1-6H3/t19-,20+,24+,28+/m1/s1. The zero-order valence-corrected chi connectivity index (χ0v) is 24.8. The molecule has 41 heavy (non-hydrogen) atoms. The number of anilines is 1. The van der Waals surface area contributed by atoms with Gasteiger partial charge in [0.05, 0.1) is 29.9 Å². The van der Waals surface area contributed by atoms with Crippen molar-refractivity contribution in [2.45, 2.75) is 78.2 Å². The highest BCUT2D eigenvalue weighted by atomic mass is 19.1. The van der Waals surface area contributed by atoms with Crippen LogP contribution in [0, 0.1) is 18.7 Å². The van der Waals surface area contributed by atoms with E-state index in [1.165, 1.54) is 12.1 Å². The fraction of sp³-hybridized carbons (Fsp3) is 0.548. The fourth-order valence-corrected chi connectivity index (χ4v) is 6.77. The van der Waals surface area contributed by atoms with Gasteiger partial charge < -0.3 is 14.2 Å². The molecular weight excluding hydrogens is 521 g/mol. The third-order valence-corrected chi connectivity index (χ3v) is 8.83. The van der Waals surface area contributed by atoms with E-state index in [0.29, 0.717) is 24.8 Å². The Kier molecular flexibility index (Phi) is 7.32. The molecule has 4 aromatic rings. The Morgan fingerprint density at radius 3 is 2.61 bits per heavy atom. The van der Waals surface area contributed by atoms with Crippen LogP contribution in [-0.2, 0) is 18.3 Å². The van der Waals surface area contributed by atoms with Crippen LogP contribution in [0.3, 0.4) is 0 Å². The highest BCUT2D eigenvalue weighted by Gasteiger charge is 2.38. The molecular formula is C31H40FN7O2. The minimum atomic E-state index is -0.278. The lowest BCUT2D eigenvalue weighted by Gasteiger charge is -2.48. The summed E-state index contributed by atoms with van der Waals surface area (Å²) in [5.41, 5.74) is 3.07. The molecule has 218 valence electrons. The van der Waals surface area contributed by atoms with Crippen molar-refractivity contribution in [2.24, 2.45) is 13.0 Å². The summed E-state index contributed by atoms with van der Waals surface area (Å²) in [6, 6.07) is 9.10. The quantitative estimate of drug-likeness (QED) is 0.340. The van der Waals surface area contributed by atoms with Gasteiger partial charge in [0.2, 0.25) is 0 Å². The van der Waals surface area contributed by atoms with Gasteiger partial charge in [-0.2, -0.15) is 4.98 Å². The summed E-state index contributed by atoms with van der Waals surface area (Å²) in [5.74, 6) is 1.58. The molecule has 1 aromatic carbocycles. The van der Waals surface area contributed by atoms with Gasteiger partial charge in [0.25, 0.3) is 0 Å². The lowest BCUT2D eigenvalue weighted by molar-refractivity contribution is 0.0798. The molecule has 4 atom stereocenters. The number of halogens is 1. The molecule has 3 aromatic heterocycles. The highest BCUT2D eigenvalue weighted by molar-refractivity contribution is 5.85. The Hall–Kier alpha value is -3.37. The lowest BCUT2D eigenvalue weighted by atomic mass is 9.94. The van der Waals surface area contributed by atoms with Crippen LogP contribution in [0.4, 0.5) is 10.2 Å². The second-order valence-electron chi connectivity index (χ2n) is 12.2. The van der Waals surface area contributed by atoms with Crippen molar-refractivity contribution in [3.63, 3.8) is 0 Å². The molecule has 0 N–H and O–H groups in total. The number of fused-ring (bicyclic) bond motifs is 2. The highest BCUT2D eigenvalue weighted by Crippen LogP contribution is 2.35. The van der Waals surface area contributed by atoms with E-state index in [1.807, 2.05) is 19.1 Å². The average molecular weight is 562 g/mol. The van der Waals surface area contributed by atoms with Crippen LogP contribution in [0.2, 0.25) is 0 Å². The van der Waals surface area contributed by atoms with Crippen molar-refractivity contribution in [3.05, 3.63) is 58.2 Å².